The number of carbonyl (C=O) groups is 4. The standard InChI is InChI=1S/C56H59N9O6S/c1-34-39(41-20-23-49(60-51(41)54(69)70)65-27-25-36-9-6-11-42(43(36)33-65)53(68)62-56-59-45-12-2-3-14-48(45)72-56)10-7-13-47(34)71-38-18-15-35(16-19-38)8-4-5-26-63-28-30-64(31-29-63)55-57-44-22-17-37(32-46(44)58-55)40-21-24-50(66)61-52(40)67/h2-3,6-7,9-14,17,20,22-23,32,35,38,40H,4-5,8,15-16,18-19,21,24-31,33H2,1H3,(H,57,58)(H,69,70)(H,59,62,68)(H,61,66,67). The fourth-order valence-corrected chi connectivity index (χ4v) is 12.0. The Kier molecular flexibility index (Phi) is 13.4. The highest BCUT2D eigenvalue weighted by molar-refractivity contribution is 7.22. The van der Waals surface area contributed by atoms with Crippen LogP contribution >= 0.6 is 11.3 Å². The Morgan fingerprint density at radius 3 is 2.46 bits per heavy atom. The van der Waals surface area contributed by atoms with Crippen molar-refractivity contribution in [3.05, 3.63) is 125 Å². The third-order valence-corrected chi connectivity index (χ3v) is 16.2. The van der Waals surface area contributed by atoms with Gasteiger partial charge in [0.1, 0.15) is 11.6 Å². The number of anilines is 3. The van der Waals surface area contributed by atoms with E-state index in [-0.39, 0.29) is 35.4 Å². The average molecular weight is 986 g/mol. The number of pyridine rings is 1. The number of nitrogens with zero attached hydrogens (tertiary/aromatic N) is 6. The minimum absolute atomic E-state index is 0.0181. The van der Waals surface area contributed by atoms with Gasteiger partial charge in [-0.1, -0.05) is 66.6 Å². The largest absolute Gasteiger partial charge is 0.490 e. The molecule has 4 aromatic carbocycles. The molecule has 7 aromatic rings. The molecule has 3 aliphatic heterocycles. The Bertz CT molecular complexity index is 3160. The second-order valence-corrected chi connectivity index (χ2v) is 20.8. The molecule has 0 bridgehead atoms. The maximum Gasteiger partial charge on any atom is 0.355 e. The molecule has 4 aliphatic rings. The molecule has 2 saturated heterocycles. The number of fused-ring (bicyclic) bond motifs is 3. The van der Waals surface area contributed by atoms with Gasteiger partial charge in [-0.2, -0.15) is 0 Å². The van der Waals surface area contributed by atoms with Gasteiger partial charge in [0.15, 0.2) is 10.8 Å². The number of aromatic nitrogens is 4. The van der Waals surface area contributed by atoms with Crippen LogP contribution in [0, 0.1) is 12.8 Å². The smallest absolute Gasteiger partial charge is 0.355 e. The zero-order chi connectivity index (χ0) is 49.3. The predicted octanol–water partition coefficient (Wildman–Crippen LogP) is 9.51. The summed E-state index contributed by atoms with van der Waals surface area (Å²) in [5, 5.41) is 16.5. The number of nitrogens with one attached hydrogen (secondary N) is 3. The van der Waals surface area contributed by atoms with Gasteiger partial charge in [0.2, 0.25) is 17.8 Å². The average Bonchev–Trinajstić information content (AvgIpc) is 4.02. The number of carbonyl (C=O) groups excluding carboxylic acids is 3. The number of carboxylic acids is 1. The molecule has 4 N–H and O–H groups in total. The summed E-state index contributed by atoms with van der Waals surface area (Å²) in [5.74, 6) is 0.808. The van der Waals surface area contributed by atoms with Crippen molar-refractivity contribution in [2.24, 2.45) is 5.92 Å². The summed E-state index contributed by atoms with van der Waals surface area (Å²) < 4.78 is 7.68. The number of unbranched alkanes of at least 4 members (excludes halogenated alkanes) is 1. The third-order valence-electron chi connectivity index (χ3n) is 15.2. The first-order chi connectivity index (χ1) is 35.1. The lowest BCUT2D eigenvalue weighted by Gasteiger charge is -2.34. The first kappa shape index (κ1) is 47.2. The molecular weight excluding hydrogens is 927 g/mol. The quantitative estimate of drug-likeness (QED) is 0.0599. The number of imide groups is 1. The van der Waals surface area contributed by atoms with Crippen LogP contribution in [-0.2, 0) is 22.6 Å². The van der Waals surface area contributed by atoms with Gasteiger partial charge in [-0.3, -0.25) is 29.9 Å². The van der Waals surface area contributed by atoms with Gasteiger partial charge in [-0.25, -0.2) is 19.7 Å². The van der Waals surface area contributed by atoms with Gasteiger partial charge < -0.3 is 24.6 Å². The van der Waals surface area contributed by atoms with Gasteiger partial charge in [0, 0.05) is 56.8 Å². The number of aromatic carboxylic acids is 1. The highest BCUT2D eigenvalue weighted by Crippen LogP contribution is 2.38. The van der Waals surface area contributed by atoms with Crippen LogP contribution in [0.2, 0.25) is 0 Å². The second-order valence-electron chi connectivity index (χ2n) is 19.8. The number of rotatable bonds is 14. The number of para-hydroxylation sites is 1. The highest BCUT2D eigenvalue weighted by atomic mass is 32.1. The molecule has 3 fully saturated rings. The number of imidazole rings is 1. The summed E-state index contributed by atoms with van der Waals surface area (Å²) in [6.07, 6.45) is 9.58. The number of H-pyrrole nitrogens is 1. The molecule has 3 aromatic heterocycles. The lowest BCUT2D eigenvalue weighted by atomic mass is 9.84. The van der Waals surface area contributed by atoms with Crippen LogP contribution in [-0.4, -0.2) is 99.0 Å². The van der Waals surface area contributed by atoms with Crippen LogP contribution in [0.5, 0.6) is 5.75 Å². The van der Waals surface area contributed by atoms with Crippen molar-refractivity contribution < 1.29 is 29.0 Å². The molecule has 3 amide bonds. The van der Waals surface area contributed by atoms with Gasteiger partial charge in [0.05, 0.1) is 33.3 Å². The first-order valence-corrected chi connectivity index (χ1v) is 26.3. The van der Waals surface area contributed by atoms with Crippen molar-refractivity contribution >= 4 is 73.2 Å². The fraction of sp³-hybridized carbons (Fsp3) is 0.375. The van der Waals surface area contributed by atoms with Crippen LogP contribution in [0.1, 0.15) is 107 Å². The SMILES string of the molecule is Cc1c(OC2CCC(CCCCN3CCN(c4nc5cc(C6CCC(=O)NC6=O)ccc5[nH]4)CC3)CC2)cccc1-c1ccc(N2CCc3cccc(C(=O)Nc4nc5ccccc5s4)c3C2)nc1C(=O)O. The van der Waals surface area contributed by atoms with E-state index in [4.69, 9.17) is 14.7 Å². The van der Waals surface area contributed by atoms with E-state index >= 15 is 0 Å². The Hall–Kier alpha value is -7.17. The van der Waals surface area contributed by atoms with Crippen LogP contribution in [0.4, 0.5) is 16.9 Å². The molecule has 0 radical (unpaired) electrons. The minimum atomic E-state index is -1.10. The minimum Gasteiger partial charge on any atom is -0.490 e. The van der Waals surface area contributed by atoms with E-state index in [2.05, 4.69) is 30.4 Å². The molecule has 11 rings (SSSR count). The molecular formula is C56H59N9O6S. The van der Waals surface area contributed by atoms with Gasteiger partial charge in [-0.15, -0.1) is 0 Å². The molecule has 6 heterocycles. The van der Waals surface area contributed by atoms with E-state index < -0.39 is 5.97 Å². The number of piperidine rings is 1. The van der Waals surface area contributed by atoms with Crippen LogP contribution < -0.4 is 25.2 Å². The number of ether oxygens (including phenoxy) is 1. The Labute approximate surface area is 422 Å². The Morgan fingerprint density at radius 2 is 1.64 bits per heavy atom. The molecule has 16 heteroatoms. The first-order valence-electron chi connectivity index (χ1n) is 25.4. The summed E-state index contributed by atoms with van der Waals surface area (Å²) in [7, 11) is 0. The molecule has 1 saturated carbocycles. The third kappa shape index (κ3) is 10.0. The summed E-state index contributed by atoms with van der Waals surface area (Å²) in [4.78, 5) is 75.3. The van der Waals surface area contributed by atoms with Crippen molar-refractivity contribution in [1.82, 2.24) is 30.2 Å². The van der Waals surface area contributed by atoms with E-state index in [1.165, 1.54) is 30.6 Å². The van der Waals surface area contributed by atoms with Gasteiger partial charge in [-0.05, 0) is 141 Å². The highest BCUT2D eigenvalue weighted by Gasteiger charge is 2.30. The molecule has 0 spiro atoms. The number of amides is 3. The number of piperazine rings is 1. The predicted molar refractivity (Wildman–Crippen MR) is 280 cm³/mol. The number of aromatic amines is 1. The van der Waals surface area contributed by atoms with Gasteiger partial charge >= 0.3 is 5.97 Å². The summed E-state index contributed by atoms with van der Waals surface area (Å²) >= 11 is 1.44. The fourth-order valence-electron chi connectivity index (χ4n) is 11.2. The van der Waals surface area contributed by atoms with Crippen LogP contribution in [0.3, 0.4) is 0 Å². The summed E-state index contributed by atoms with van der Waals surface area (Å²) in [6, 6.07) is 29.1. The normalized spacial score (nSPS) is 19.6. The van der Waals surface area contributed by atoms with Gasteiger partial charge in [0.25, 0.3) is 5.91 Å². The molecule has 72 heavy (non-hydrogen) atoms. The number of hydrogen-bond acceptors (Lipinski definition) is 12. The maximum atomic E-state index is 13.7. The lowest BCUT2D eigenvalue weighted by molar-refractivity contribution is -0.134. The second kappa shape index (κ2) is 20.5. The number of hydrogen-bond donors (Lipinski definition) is 4. The Balaban J connectivity index is 0.647. The van der Waals surface area contributed by atoms with E-state index in [0.717, 1.165) is 119 Å². The maximum absolute atomic E-state index is 13.7. The molecule has 1 aliphatic carbocycles. The monoisotopic (exact) mass is 985 g/mol. The summed E-state index contributed by atoms with van der Waals surface area (Å²) in [5.41, 5.74) is 8.29. The topological polar surface area (TPSA) is 186 Å². The van der Waals surface area contributed by atoms with E-state index in [9.17, 15) is 24.3 Å². The van der Waals surface area contributed by atoms with E-state index in [1.807, 2.05) is 103 Å². The number of carboxylic acid groups (broad SMARTS) is 1. The number of benzene rings is 4. The zero-order valence-electron chi connectivity index (χ0n) is 40.5. The van der Waals surface area contributed by atoms with Crippen LogP contribution in [0.25, 0.3) is 32.4 Å². The zero-order valence-corrected chi connectivity index (χ0v) is 41.3. The molecule has 370 valence electrons. The van der Waals surface area contributed by atoms with Crippen molar-refractivity contribution in [1.29, 1.82) is 0 Å². The van der Waals surface area contributed by atoms with E-state index in [0.29, 0.717) is 60.3 Å². The van der Waals surface area contributed by atoms with Crippen molar-refractivity contribution in [2.45, 2.75) is 89.7 Å². The lowest BCUT2D eigenvalue weighted by Crippen LogP contribution is -2.47. The molecule has 1 unspecified atom stereocenters. The van der Waals surface area contributed by atoms with Crippen LogP contribution in [0.15, 0.2) is 91.0 Å². The molecule has 15 nitrogen and oxygen atoms in total. The van der Waals surface area contributed by atoms with E-state index in [1.54, 1.807) is 0 Å². The number of thiazole rings is 1. The van der Waals surface area contributed by atoms with Crippen molar-refractivity contribution in [3.63, 3.8) is 0 Å². The Morgan fingerprint density at radius 1 is 0.806 bits per heavy atom. The summed E-state index contributed by atoms with van der Waals surface area (Å²) in [6.45, 7) is 7.94. The van der Waals surface area contributed by atoms with Crippen molar-refractivity contribution in [3.8, 4) is 16.9 Å². The van der Waals surface area contributed by atoms with Crippen molar-refractivity contribution in [2.75, 3.05) is 54.4 Å². The molecule has 1 atom stereocenters.